The molecule has 2 fully saturated rings. The van der Waals surface area contributed by atoms with E-state index in [0.29, 0.717) is 16.4 Å². The lowest BCUT2D eigenvalue weighted by Gasteiger charge is -2.58. The highest BCUT2D eigenvalue weighted by Gasteiger charge is 2.60. The van der Waals surface area contributed by atoms with Crippen molar-refractivity contribution in [3.63, 3.8) is 0 Å². The third-order valence-corrected chi connectivity index (χ3v) is 5.82. The van der Waals surface area contributed by atoms with E-state index in [0.717, 1.165) is 19.4 Å². The van der Waals surface area contributed by atoms with E-state index in [1.807, 2.05) is 0 Å². The number of carbonyl (C=O) groups is 1. The lowest BCUT2D eigenvalue weighted by Crippen LogP contribution is -2.65. The summed E-state index contributed by atoms with van der Waals surface area (Å²) in [6, 6.07) is 6.79. The summed E-state index contributed by atoms with van der Waals surface area (Å²) < 4.78 is 23.0. The molecule has 5 heteroatoms. The Hall–Kier alpha value is -1.20. The SMILES string of the molecule is CS(=O)c1ccc(C(=O)OC2C3CCCOC3C2(C)C)cc1. The van der Waals surface area contributed by atoms with E-state index in [1.54, 1.807) is 30.5 Å². The average molecular weight is 322 g/mol. The number of benzene rings is 1. The van der Waals surface area contributed by atoms with Gasteiger partial charge >= 0.3 is 5.97 Å². The van der Waals surface area contributed by atoms with Crippen LogP contribution in [-0.2, 0) is 20.3 Å². The van der Waals surface area contributed by atoms with Crippen LogP contribution in [-0.4, -0.2) is 35.2 Å². The summed E-state index contributed by atoms with van der Waals surface area (Å²) in [4.78, 5) is 13.1. The van der Waals surface area contributed by atoms with Crippen LogP contribution >= 0.6 is 0 Å². The van der Waals surface area contributed by atoms with Crippen molar-refractivity contribution in [3.8, 4) is 0 Å². The molecule has 0 radical (unpaired) electrons. The molecule has 22 heavy (non-hydrogen) atoms. The summed E-state index contributed by atoms with van der Waals surface area (Å²) in [5, 5.41) is 0. The van der Waals surface area contributed by atoms with Crippen molar-refractivity contribution in [2.75, 3.05) is 12.9 Å². The van der Waals surface area contributed by atoms with Gasteiger partial charge in [0.1, 0.15) is 6.10 Å². The van der Waals surface area contributed by atoms with Gasteiger partial charge in [-0.15, -0.1) is 0 Å². The van der Waals surface area contributed by atoms with Gasteiger partial charge in [-0.25, -0.2) is 4.79 Å². The van der Waals surface area contributed by atoms with E-state index < -0.39 is 10.8 Å². The minimum absolute atomic E-state index is 0.0923. The first-order chi connectivity index (χ1) is 10.4. The molecule has 1 aliphatic heterocycles. The predicted octanol–water partition coefficient (Wildman–Crippen LogP) is 2.78. The molecule has 120 valence electrons. The number of fused-ring (bicyclic) bond motifs is 1. The number of hydrogen-bond acceptors (Lipinski definition) is 4. The first kappa shape index (κ1) is 15.7. The molecular weight excluding hydrogens is 300 g/mol. The predicted molar refractivity (Wildman–Crippen MR) is 84.2 cm³/mol. The molecule has 0 bridgehead atoms. The molecule has 4 atom stereocenters. The highest BCUT2D eigenvalue weighted by molar-refractivity contribution is 7.84. The molecule has 0 spiro atoms. The molecule has 4 nitrogen and oxygen atoms in total. The summed E-state index contributed by atoms with van der Waals surface area (Å²) in [6.07, 6.45) is 3.81. The Kier molecular flexibility index (Phi) is 4.12. The third kappa shape index (κ3) is 2.61. The van der Waals surface area contributed by atoms with Gasteiger partial charge in [0.2, 0.25) is 0 Å². The fourth-order valence-corrected chi connectivity index (χ4v) is 4.20. The second kappa shape index (κ2) is 5.78. The van der Waals surface area contributed by atoms with Crippen LogP contribution in [0, 0.1) is 11.3 Å². The van der Waals surface area contributed by atoms with Crippen LogP contribution in [0.15, 0.2) is 29.2 Å². The fraction of sp³-hybridized carbons (Fsp3) is 0.588. The Morgan fingerprint density at radius 1 is 1.32 bits per heavy atom. The lowest BCUT2D eigenvalue weighted by molar-refractivity contribution is -0.243. The normalized spacial score (nSPS) is 30.8. The van der Waals surface area contributed by atoms with E-state index in [-0.39, 0.29) is 23.6 Å². The molecule has 0 amide bonds. The molecule has 4 unspecified atom stereocenters. The van der Waals surface area contributed by atoms with E-state index in [9.17, 15) is 9.00 Å². The van der Waals surface area contributed by atoms with Crippen molar-refractivity contribution in [1.82, 2.24) is 0 Å². The van der Waals surface area contributed by atoms with Crippen molar-refractivity contribution in [3.05, 3.63) is 29.8 Å². The van der Waals surface area contributed by atoms with E-state index in [2.05, 4.69) is 13.8 Å². The number of ether oxygens (including phenoxy) is 2. The second-order valence-corrected chi connectivity index (χ2v) is 8.10. The van der Waals surface area contributed by atoms with Crippen LogP contribution in [0.4, 0.5) is 0 Å². The largest absolute Gasteiger partial charge is 0.458 e. The molecule has 3 rings (SSSR count). The molecule has 0 N–H and O–H groups in total. The van der Waals surface area contributed by atoms with Crippen LogP contribution in [0.1, 0.15) is 37.0 Å². The standard InChI is InChI=1S/C17H22O4S/c1-17(2)14-13(5-4-10-20-14)15(17)21-16(18)11-6-8-12(9-7-11)22(3)19/h6-9,13-15H,4-5,10H2,1-3H3. The summed E-state index contributed by atoms with van der Waals surface area (Å²) >= 11 is 0. The molecule has 0 aromatic heterocycles. The molecule has 1 aromatic carbocycles. The van der Waals surface area contributed by atoms with Crippen molar-refractivity contribution in [1.29, 1.82) is 0 Å². The van der Waals surface area contributed by atoms with E-state index in [1.165, 1.54) is 0 Å². The van der Waals surface area contributed by atoms with Gasteiger partial charge in [-0.2, -0.15) is 0 Å². The quantitative estimate of drug-likeness (QED) is 0.803. The molecule has 1 aliphatic carbocycles. The molecule has 1 saturated heterocycles. The number of esters is 1. The summed E-state index contributed by atoms with van der Waals surface area (Å²) in [5.41, 5.74) is 0.371. The van der Waals surface area contributed by atoms with Gasteiger partial charge in [-0.3, -0.25) is 4.21 Å². The van der Waals surface area contributed by atoms with Crippen molar-refractivity contribution < 1.29 is 18.5 Å². The van der Waals surface area contributed by atoms with Crippen molar-refractivity contribution in [2.24, 2.45) is 11.3 Å². The van der Waals surface area contributed by atoms with Crippen LogP contribution < -0.4 is 0 Å². The van der Waals surface area contributed by atoms with E-state index in [4.69, 9.17) is 9.47 Å². The maximum atomic E-state index is 12.4. The third-order valence-electron chi connectivity index (χ3n) is 4.88. The van der Waals surface area contributed by atoms with Gasteiger partial charge in [0.25, 0.3) is 0 Å². The molecule has 1 heterocycles. The highest BCUT2D eigenvalue weighted by atomic mass is 32.2. The highest BCUT2D eigenvalue weighted by Crippen LogP contribution is 2.53. The Bertz CT molecular complexity index is 593. The van der Waals surface area contributed by atoms with Crippen LogP contribution in [0.3, 0.4) is 0 Å². The number of hydrogen-bond donors (Lipinski definition) is 0. The summed E-state index contributed by atoms with van der Waals surface area (Å²) in [7, 11) is -1.04. The Labute approximate surface area is 133 Å². The van der Waals surface area contributed by atoms with Gasteiger partial charge in [0, 0.05) is 39.9 Å². The van der Waals surface area contributed by atoms with Gasteiger partial charge < -0.3 is 9.47 Å². The maximum absolute atomic E-state index is 12.4. The Balaban J connectivity index is 1.70. The zero-order chi connectivity index (χ0) is 15.9. The van der Waals surface area contributed by atoms with E-state index >= 15 is 0 Å². The molecule has 1 saturated carbocycles. The van der Waals surface area contributed by atoms with Crippen LogP contribution in [0.25, 0.3) is 0 Å². The van der Waals surface area contributed by atoms with Gasteiger partial charge in [0.15, 0.2) is 0 Å². The zero-order valence-corrected chi connectivity index (χ0v) is 14.0. The minimum atomic E-state index is -1.04. The number of carbonyl (C=O) groups excluding carboxylic acids is 1. The smallest absolute Gasteiger partial charge is 0.338 e. The van der Waals surface area contributed by atoms with Gasteiger partial charge in [-0.1, -0.05) is 13.8 Å². The topological polar surface area (TPSA) is 52.6 Å². The molecular formula is C17H22O4S. The Morgan fingerprint density at radius 3 is 2.64 bits per heavy atom. The van der Waals surface area contributed by atoms with Gasteiger partial charge in [-0.05, 0) is 37.1 Å². The minimum Gasteiger partial charge on any atom is -0.458 e. The summed E-state index contributed by atoms with van der Waals surface area (Å²) in [5.74, 6) is 0.00523. The average Bonchev–Trinajstić information content (AvgIpc) is 2.52. The lowest BCUT2D eigenvalue weighted by atomic mass is 9.57. The second-order valence-electron chi connectivity index (χ2n) is 6.72. The van der Waals surface area contributed by atoms with Crippen molar-refractivity contribution in [2.45, 2.75) is 43.8 Å². The van der Waals surface area contributed by atoms with Crippen LogP contribution in [0.5, 0.6) is 0 Å². The summed E-state index contributed by atoms with van der Waals surface area (Å²) in [6.45, 7) is 5.00. The first-order valence-electron chi connectivity index (χ1n) is 7.67. The monoisotopic (exact) mass is 322 g/mol. The molecule has 2 aliphatic rings. The van der Waals surface area contributed by atoms with Crippen molar-refractivity contribution >= 4 is 16.8 Å². The van der Waals surface area contributed by atoms with Crippen LogP contribution in [0.2, 0.25) is 0 Å². The van der Waals surface area contributed by atoms with Gasteiger partial charge in [0.05, 0.1) is 11.7 Å². The number of rotatable bonds is 3. The first-order valence-corrected chi connectivity index (χ1v) is 9.23. The Morgan fingerprint density at radius 2 is 2.00 bits per heavy atom. The fourth-order valence-electron chi connectivity index (χ4n) is 3.68. The maximum Gasteiger partial charge on any atom is 0.338 e. The molecule has 1 aromatic rings. The zero-order valence-electron chi connectivity index (χ0n) is 13.2.